The van der Waals surface area contributed by atoms with Crippen molar-refractivity contribution in [1.29, 1.82) is 0 Å². The number of hydrogen-bond acceptors (Lipinski definition) is 5. The van der Waals surface area contributed by atoms with Gasteiger partial charge in [-0.3, -0.25) is 4.79 Å². The van der Waals surface area contributed by atoms with Crippen molar-refractivity contribution < 1.29 is 4.79 Å². The maximum absolute atomic E-state index is 11.1. The fourth-order valence-corrected chi connectivity index (χ4v) is 2.70. The topological polar surface area (TPSA) is 70.2 Å². The van der Waals surface area contributed by atoms with Gasteiger partial charge in [0, 0.05) is 38.2 Å². The number of hydrogen-bond donors (Lipinski definition) is 2. The zero-order valence-corrected chi connectivity index (χ0v) is 13.1. The van der Waals surface area contributed by atoms with E-state index in [-0.39, 0.29) is 5.91 Å². The van der Waals surface area contributed by atoms with Crippen LogP contribution in [0.15, 0.2) is 6.33 Å². The van der Waals surface area contributed by atoms with Gasteiger partial charge in [0.25, 0.3) is 0 Å². The number of carbonyl (C=O) groups is 1. The van der Waals surface area contributed by atoms with Gasteiger partial charge in [-0.05, 0) is 26.2 Å². The molecule has 1 amide bonds. The van der Waals surface area contributed by atoms with Crippen molar-refractivity contribution in [3.05, 3.63) is 11.9 Å². The van der Waals surface area contributed by atoms with E-state index in [0.29, 0.717) is 6.04 Å². The summed E-state index contributed by atoms with van der Waals surface area (Å²) < 4.78 is 0. The number of anilines is 2. The number of amides is 1. The van der Waals surface area contributed by atoms with E-state index < -0.39 is 0 Å². The lowest BCUT2D eigenvalue weighted by Gasteiger charge is -2.33. The van der Waals surface area contributed by atoms with Gasteiger partial charge in [-0.15, -0.1) is 0 Å². The number of carbonyl (C=O) groups excluding carboxylic acids is 1. The predicted octanol–water partition coefficient (Wildman–Crippen LogP) is 1.71. The van der Waals surface area contributed by atoms with Crippen molar-refractivity contribution in [3.63, 3.8) is 0 Å². The van der Waals surface area contributed by atoms with Crippen LogP contribution in [0.4, 0.5) is 11.6 Å². The van der Waals surface area contributed by atoms with E-state index in [2.05, 4.69) is 39.3 Å². The normalized spacial score (nSPS) is 15.9. The lowest BCUT2D eigenvalue weighted by Crippen LogP contribution is -2.44. The lowest BCUT2D eigenvalue weighted by molar-refractivity contribution is -0.119. The molecular weight excluding hydrogens is 266 g/mol. The highest BCUT2D eigenvalue weighted by atomic mass is 16.1. The summed E-state index contributed by atoms with van der Waals surface area (Å²) in [5.74, 6) is 1.98. The Morgan fingerprint density at radius 1 is 1.38 bits per heavy atom. The first-order chi connectivity index (χ1) is 10.1. The molecular formula is C15H25N5O. The smallest absolute Gasteiger partial charge is 0.217 e. The quantitative estimate of drug-likeness (QED) is 0.864. The number of piperidine rings is 1. The first kappa shape index (κ1) is 15.5. The van der Waals surface area contributed by atoms with E-state index in [1.165, 1.54) is 0 Å². The van der Waals surface area contributed by atoms with E-state index in [1.54, 1.807) is 13.3 Å². The third-order valence-electron chi connectivity index (χ3n) is 3.80. The van der Waals surface area contributed by atoms with Gasteiger partial charge in [0.2, 0.25) is 5.91 Å². The van der Waals surface area contributed by atoms with Crippen LogP contribution >= 0.6 is 0 Å². The Balaban J connectivity index is 2.01. The third-order valence-corrected chi connectivity index (χ3v) is 3.80. The van der Waals surface area contributed by atoms with E-state index >= 15 is 0 Å². The molecule has 0 saturated carbocycles. The van der Waals surface area contributed by atoms with E-state index in [0.717, 1.165) is 56.1 Å². The molecule has 2 N–H and O–H groups in total. The average molecular weight is 291 g/mol. The molecule has 0 unspecified atom stereocenters. The molecule has 0 aliphatic carbocycles. The van der Waals surface area contributed by atoms with E-state index in [4.69, 9.17) is 0 Å². The first-order valence-corrected chi connectivity index (χ1v) is 7.69. The third kappa shape index (κ3) is 4.06. The Hall–Kier alpha value is -1.85. The van der Waals surface area contributed by atoms with Crippen LogP contribution in [0.3, 0.4) is 0 Å². The standard InChI is InChI=1S/C15H25N5O/c1-4-7-16-14-11(2)15(18-10-17-14)20-8-5-13(6-9-20)19-12(3)21/h10,13H,4-9H2,1-3H3,(H,19,21)(H,16,17,18). The molecule has 1 saturated heterocycles. The van der Waals surface area contributed by atoms with Crippen LogP contribution in [0.2, 0.25) is 0 Å². The summed E-state index contributed by atoms with van der Waals surface area (Å²) in [7, 11) is 0. The van der Waals surface area contributed by atoms with Gasteiger partial charge in [0.05, 0.1) is 0 Å². The summed E-state index contributed by atoms with van der Waals surface area (Å²) in [6, 6.07) is 0.290. The Labute approximate surface area is 126 Å². The Morgan fingerprint density at radius 3 is 2.71 bits per heavy atom. The Kier molecular flexibility index (Phi) is 5.36. The maximum Gasteiger partial charge on any atom is 0.217 e. The summed E-state index contributed by atoms with van der Waals surface area (Å²) in [6.07, 6.45) is 4.61. The van der Waals surface area contributed by atoms with Gasteiger partial charge < -0.3 is 15.5 Å². The summed E-state index contributed by atoms with van der Waals surface area (Å²) in [5, 5.41) is 6.34. The molecule has 6 nitrogen and oxygen atoms in total. The van der Waals surface area contributed by atoms with Crippen molar-refractivity contribution in [2.75, 3.05) is 29.9 Å². The molecule has 0 spiro atoms. The summed E-state index contributed by atoms with van der Waals surface area (Å²) in [5.41, 5.74) is 1.10. The summed E-state index contributed by atoms with van der Waals surface area (Å²) >= 11 is 0. The molecule has 0 aromatic carbocycles. The van der Waals surface area contributed by atoms with Crippen molar-refractivity contribution in [2.24, 2.45) is 0 Å². The second-order valence-corrected chi connectivity index (χ2v) is 5.56. The van der Waals surface area contributed by atoms with Gasteiger partial charge >= 0.3 is 0 Å². The minimum atomic E-state index is 0.0534. The SMILES string of the molecule is CCCNc1ncnc(N2CCC(NC(C)=O)CC2)c1C. The maximum atomic E-state index is 11.1. The molecule has 0 atom stereocenters. The molecule has 1 aromatic heterocycles. The Bertz CT molecular complexity index is 483. The van der Waals surface area contributed by atoms with Crippen LogP contribution in [0.5, 0.6) is 0 Å². The molecule has 0 bridgehead atoms. The van der Waals surface area contributed by atoms with Crippen LogP contribution in [-0.4, -0.2) is 41.6 Å². The molecule has 0 radical (unpaired) electrons. The highest BCUT2D eigenvalue weighted by Gasteiger charge is 2.22. The van der Waals surface area contributed by atoms with Crippen LogP contribution in [0, 0.1) is 6.92 Å². The minimum Gasteiger partial charge on any atom is -0.370 e. The van der Waals surface area contributed by atoms with Crippen LogP contribution < -0.4 is 15.5 Å². The molecule has 6 heteroatoms. The summed E-state index contributed by atoms with van der Waals surface area (Å²) in [6.45, 7) is 8.52. The molecule has 1 aliphatic heterocycles. The highest BCUT2D eigenvalue weighted by Crippen LogP contribution is 2.25. The van der Waals surface area contributed by atoms with Crippen molar-refractivity contribution in [1.82, 2.24) is 15.3 Å². The van der Waals surface area contributed by atoms with Crippen molar-refractivity contribution in [3.8, 4) is 0 Å². The largest absolute Gasteiger partial charge is 0.370 e. The second kappa shape index (κ2) is 7.24. The molecule has 2 rings (SSSR count). The molecule has 2 heterocycles. The highest BCUT2D eigenvalue weighted by molar-refractivity contribution is 5.73. The van der Waals surface area contributed by atoms with E-state index in [9.17, 15) is 4.79 Å². The molecule has 1 aromatic rings. The predicted molar refractivity (Wildman–Crippen MR) is 84.6 cm³/mol. The average Bonchev–Trinajstić information content (AvgIpc) is 2.47. The first-order valence-electron chi connectivity index (χ1n) is 7.69. The number of aromatic nitrogens is 2. The van der Waals surface area contributed by atoms with Crippen LogP contribution in [-0.2, 0) is 4.79 Å². The van der Waals surface area contributed by atoms with Gasteiger partial charge in [0.1, 0.15) is 18.0 Å². The van der Waals surface area contributed by atoms with Gasteiger partial charge in [-0.1, -0.05) is 6.92 Å². The molecule has 1 fully saturated rings. The lowest BCUT2D eigenvalue weighted by atomic mass is 10.0. The van der Waals surface area contributed by atoms with Crippen LogP contribution in [0.25, 0.3) is 0 Å². The molecule has 116 valence electrons. The fourth-order valence-electron chi connectivity index (χ4n) is 2.70. The zero-order chi connectivity index (χ0) is 15.2. The van der Waals surface area contributed by atoms with Crippen LogP contribution in [0.1, 0.15) is 38.7 Å². The monoisotopic (exact) mass is 291 g/mol. The Morgan fingerprint density at radius 2 is 2.10 bits per heavy atom. The van der Waals surface area contributed by atoms with Gasteiger partial charge in [-0.25, -0.2) is 9.97 Å². The molecule has 21 heavy (non-hydrogen) atoms. The zero-order valence-electron chi connectivity index (χ0n) is 13.1. The number of nitrogens with zero attached hydrogens (tertiary/aromatic N) is 3. The number of nitrogens with one attached hydrogen (secondary N) is 2. The summed E-state index contributed by atoms with van der Waals surface area (Å²) in [4.78, 5) is 22.2. The molecule has 1 aliphatic rings. The van der Waals surface area contributed by atoms with Crippen molar-refractivity contribution >= 4 is 17.5 Å². The van der Waals surface area contributed by atoms with Crippen molar-refractivity contribution in [2.45, 2.75) is 46.1 Å². The fraction of sp³-hybridized carbons (Fsp3) is 0.667. The van der Waals surface area contributed by atoms with E-state index in [1.807, 2.05) is 0 Å². The minimum absolute atomic E-state index is 0.0534. The van der Waals surface area contributed by atoms with Gasteiger partial charge in [-0.2, -0.15) is 0 Å². The van der Waals surface area contributed by atoms with Gasteiger partial charge in [0.15, 0.2) is 0 Å². The number of rotatable bonds is 5. The second-order valence-electron chi connectivity index (χ2n) is 5.56.